The summed E-state index contributed by atoms with van der Waals surface area (Å²) in [6.07, 6.45) is 0. The third kappa shape index (κ3) is 4.67. The van der Waals surface area contributed by atoms with E-state index in [-0.39, 0.29) is 5.75 Å². The van der Waals surface area contributed by atoms with Gasteiger partial charge in [0.1, 0.15) is 5.75 Å². The Bertz CT molecular complexity index is 912. The number of aryl methyl sites for hydroxylation is 2. The highest BCUT2D eigenvalue weighted by Crippen LogP contribution is 2.15. The predicted octanol–water partition coefficient (Wildman–Crippen LogP) is 2.73. The third-order valence-corrected chi connectivity index (χ3v) is 5.11. The summed E-state index contributed by atoms with van der Waals surface area (Å²) in [7, 11) is -3.67. The molecule has 0 fully saturated rings. The summed E-state index contributed by atoms with van der Waals surface area (Å²) in [5, 5.41) is 11.6. The zero-order valence-corrected chi connectivity index (χ0v) is 14.4. The van der Waals surface area contributed by atoms with Crippen molar-refractivity contribution in [2.45, 2.75) is 19.6 Å². The Morgan fingerprint density at radius 3 is 2.50 bits per heavy atom. The Morgan fingerprint density at radius 1 is 1.12 bits per heavy atom. The second-order valence-corrected chi connectivity index (χ2v) is 7.71. The van der Waals surface area contributed by atoms with Crippen molar-refractivity contribution in [2.75, 3.05) is 11.1 Å². The topological polar surface area (TPSA) is 87.0 Å². The SMILES string of the molecule is Cc1ccc(NC(=O)CS(=O)(=O)Cc2ccccc2C#N)cc1C. The molecule has 2 aromatic rings. The monoisotopic (exact) mass is 342 g/mol. The zero-order chi connectivity index (χ0) is 17.7. The highest BCUT2D eigenvalue weighted by molar-refractivity contribution is 7.91. The van der Waals surface area contributed by atoms with Crippen LogP contribution < -0.4 is 5.32 Å². The third-order valence-electron chi connectivity index (χ3n) is 3.65. The average molecular weight is 342 g/mol. The highest BCUT2D eigenvalue weighted by atomic mass is 32.2. The van der Waals surface area contributed by atoms with Gasteiger partial charge in [0.05, 0.1) is 17.4 Å². The van der Waals surface area contributed by atoms with E-state index in [2.05, 4.69) is 5.32 Å². The molecule has 0 aliphatic heterocycles. The first kappa shape index (κ1) is 17.7. The first-order valence-corrected chi connectivity index (χ1v) is 9.18. The molecule has 1 N–H and O–H groups in total. The van der Waals surface area contributed by atoms with Gasteiger partial charge < -0.3 is 5.32 Å². The molecule has 0 aromatic heterocycles. The van der Waals surface area contributed by atoms with Gasteiger partial charge in [-0.1, -0.05) is 24.3 Å². The molecule has 24 heavy (non-hydrogen) atoms. The van der Waals surface area contributed by atoms with Crippen LogP contribution in [-0.2, 0) is 20.4 Å². The molecule has 2 aromatic carbocycles. The van der Waals surface area contributed by atoms with E-state index >= 15 is 0 Å². The van der Waals surface area contributed by atoms with Gasteiger partial charge in [-0.05, 0) is 48.7 Å². The molecule has 0 unspecified atom stereocenters. The number of nitrogens with zero attached hydrogens (tertiary/aromatic N) is 1. The smallest absolute Gasteiger partial charge is 0.239 e. The molecule has 124 valence electrons. The number of carbonyl (C=O) groups is 1. The van der Waals surface area contributed by atoms with Gasteiger partial charge in [-0.2, -0.15) is 5.26 Å². The van der Waals surface area contributed by atoms with Crippen molar-refractivity contribution < 1.29 is 13.2 Å². The molecule has 6 heteroatoms. The van der Waals surface area contributed by atoms with E-state index < -0.39 is 21.5 Å². The molecule has 0 bridgehead atoms. The van der Waals surface area contributed by atoms with Crippen LogP contribution in [0.5, 0.6) is 0 Å². The summed E-state index contributed by atoms with van der Waals surface area (Å²) in [4.78, 5) is 12.0. The van der Waals surface area contributed by atoms with Crippen molar-refractivity contribution in [2.24, 2.45) is 0 Å². The lowest BCUT2D eigenvalue weighted by atomic mass is 10.1. The van der Waals surface area contributed by atoms with Crippen molar-refractivity contribution >= 4 is 21.4 Å². The van der Waals surface area contributed by atoms with Gasteiger partial charge in [0.25, 0.3) is 0 Å². The van der Waals surface area contributed by atoms with Gasteiger partial charge in [-0.15, -0.1) is 0 Å². The minimum atomic E-state index is -3.67. The number of hydrogen-bond donors (Lipinski definition) is 1. The molecule has 5 nitrogen and oxygen atoms in total. The van der Waals surface area contributed by atoms with E-state index in [1.54, 1.807) is 36.4 Å². The van der Waals surface area contributed by atoms with Crippen LogP contribution in [0.15, 0.2) is 42.5 Å². The lowest BCUT2D eigenvalue weighted by Crippen LogP contribution is -2.24. The summed E-state index contributed by atoms with van der Waals surface area (Å²) in [5.41, 5.74) is 3.37. The largest absolute Gasteiger partial charge is 0.325 e. The number of amides is 1. The summed E-state index contributed by atoms with van der Waals surface area (Å²) in [6.45, 7) is 3.87. The van der Waals surface area contributed by atoms with Gasteiger partial charge in [0.15, 0.2) is 9.84 Å². The Morgan fingerprint density at radius 2 is 1.83 bits per heavy atom. The molecular weight excluding hydrogens is 324 g/mol. The maximum absolute atomic E-state index is 12.2. The van der Waals surface area contributed by atoms with Gasteiger partial charge in [-0.25, -0.2) is 8.42 Å². The molecular formula is C18H18N2O3S. The molecule has 2 rings (SSSR count). The number of rotatable bonds is 5. The molecule has 0 atom stereocenters. The van der Waals surface area contributed by atoms with Crippen molar-refractivity contribution in [3.05, 3.63) is 64.7 Å². The van der Waals surface area contributed by atoms with Crippen LogP contribution in [0.2, 0.25) is 0 Å². The van der Waals surface area contributed by atoms with Crippen molar-refractivity contribution in [1.29, 1.82) is 5.26 Å². The number of sulfone groups is 1. The summed E-state index contributed by atoms with van der Waals surface area (Å²) < 4.78 is 24.4. The maximum Gasteiger partial charge on any atom is 0.239 e. The van der Waals surface area contributed by atoms with Crippen LogP contribution in [0.25, 0.3) is 0 Å². The molecule has 0 heterocycles. The Kier molecular flexibility index (Phi) is 5.37. The molecule has 0 saturated carbocycles. The van der Waals surface area contributed by atoms with Crippen LogP contribution in [0, 0.1) is 25.2 Å². The molecule has 1 amide bonds. The quantitative estimate of drug-likeness (QED) is 0.905. The summed E-state index contributed by atoms with van der Waals surface area (Å²) in [6, 6.07) is 13.8. The number of benzene rings is 2. The van der Waals surface area contributed by atoms with Gasteiger partial charge >= 0.3 is 0 Å². The predicted molar refractivity (Wildman–Crippen MR) is 93.2 cm³/mol. The fourth-order valence-corrected chi connectivity index (χ4v) is 3.56. The molecule has 0 radical (unpaired) electrons. The van der Waals surface area contributed by atoms with Crippen molar-refractivity contribution in [1.82, 2.24) is 0 Å². The minimum Gasteiger partial charge on any atom is -0.325 e. The van der Waals surface area contributed by atoms with E-state index in [4.69, 9.17) is 5.26 Å². The average Bonchev–Trinajstić information content (AvgIpc) is 2.50. The maximum atomic E-state index is 12.2. The van der Waals surface area contributed by atoms with Crippen molar-refractivity contribution in [3.63, 3.8) is 0 Å². The number of nitriles is 1. The van der Waals surface area contributed by atoms with Crippen LogP contribution in [-0.4, -0.2) is 20.1 Å². The van der Waals surface area contributed by atoms with Gasteiger partial charge in [0.2, 0.25) is 5.91 Å². The second kappa shape index (κ2) is 7.28. The lowest BCUT2D eigenvalue weighted by molar-refractivity contribution is -0.113. The van der Waals surface area contributed by atoms with E-state index in [1.807, 2.05) is 26.0 Å². The van der Waals surface area contributed by atoms with Crippen molar-refractivity contribution in [3.8, 4) is 6.07 Å². The first-order chi connectivity index (χ1) is 11.3. The van der Waals surface area contributed by atoms with Crippen LogP contribution >= 0.6 is 0 Å². The second-order valence-electron chi connectivity index (χ2n) is 5.65. The fraction of sp³-hybridized carbons (Fsp3) is 0.222. The van der Waals surface area contributed by atoms with Gasteiger partial charge in [0, 0.05) is 5.69 Å². The summed E-state index contributed by atoms with van der Waals surface area (Å²) in [5.74, 6) is -1.55. The first-order valence-electron chi connectivity index (χ1n) is 7.36. The molecule has 0 spiro atoms. The number of anilines is 1. The number of hydrogen-bond acceptors (Lipinski definition) is 4. The van der Waals surface area contributed by atoms with E-state index in [9.17, 15) is 13.2 Å². The molecule has 0 saturated heterocycles. The number of carbonyl (C=O) groups excluding carboxylic acids is 1. The molecule has 0 aliphatic rings. The van der Waals surface area contributed by atoms with Crippen LogP contribution in [0.3, 0.4) is 0 Å². The fourth-order valence-electron chi connectivity index (χ4n) is 2.26. The summed E-state index contributed by atoms with van der Waals surface area (Å²) >= 11 is 0. The standard InChI is InChI=1S/C18H18N2O3S/c1-13-7-8-17(9-14(13)2)20-18(21)12-24(22,23)11-16-6-4-3-5-15(16)10-19/h3-9H,11-12H2,1-2H3,(H,20,21). The Hall–Kier alpha value is -2.65. The van der Waals surface area contributed by atoms with E-state index in [0.29, 0.717) is 16.8 Å². The zero-order valence-electron chi connectivity index (χ0n) is 13.5. The highest BCUT2D eigenvalue weighted by Gasteiger charge is 2.19. The van der Waals surface area contributed by atoms with Gasteiger partial charge in [-0.3, -0.25) is 4.79 Å². The Balaban J connectivity index is 2.07. The molecule has 0 aliphatic carbocycles. The van der Waals surface area contributed by atoms with Crippen LogP contribution in [0.1, 0.15) is 22.3 Å². The normalized spacial score (nSPS) is 10.9. The van der Waals surface area contributed by atoms with E-state index in [0.717, 1.165) is 11.1 Å². The van der Waals surface area contributed by atoms with E-state index in [1.165, 1.54) is 0 Å². The lowest BCUT2D eigenvalue weighted by Gasteiger charge is -2.09. The van der Waals surface area contributed by atoms with Crippen LogP contribution in [0.4, 0.5) is 5.69 Å². The number of nitrogens with one attached hydrogen (secondary N) is 1. The Labute approximate surface area is 141 Å². The minimum absolute atomic E-state index is 0.302.